The molecule has 0 bridgehead atoms. The molecule has 0 radical (unpaired) electrons. The van der Waals surface area contributed by atoms with E-state index in [1.165, 1.54) is 19.6 Å². The second kappa shape index (κ2) is 29.6. The number of aliphatic carboxylic acids is 3. The van der Waals surface area contributed by atoms with Gasteiger partial charge in [0.25, 0.3) is 0 Å². The Kier molecular flexibility index (Phi) is 37.2. The molecule has 0 atom stereocenters. The van der Waals surface area contributed by atoms with Crippen molar-refractivity contribution >= 4 is 17.9 Å². The molecule has 0 aliphatic heterocycles. The fourth-order valence-corrected chi connectivity index (χ4v) is 0.971. The number of carboxylic acid groups (broad SMARTS) is 3. The van der Waals surface area contributed by atoms with Gasteiger partial charge in [-0.25, -0.2) is 14.4 Å². The Hall–Kier alpha value is -2.57. The van der Waals surface area contributed by atoms with Crippen LogP contribution in [0.5, 0.6) is 0 Å². The van der Waals surface area contributed by atoms with Gasteiger partial charge < -0.3 is 40.6 Å². The molecule has 0 aliphatic rings. The zero-order chi connectivity index (χ0) is 25.9. The van der Waals surface area contributed by atoms with Gasteiger partial charge >= 0.3 is 17.9 Å². The number of aliphatic hydroxyl groups is 4. The van der Waals surface area contributed by atoms with Crippen molar-refractivity contribution in [3.63, 3.8) is 0 Å². The molecule has 7 N–H and O–H groups in total. The third-order valence-corrected chi connectivity index (χ3v) is 3.21. The number of rotatable bonds is 10. The highest BCUT2D eigenvalue weighted by Gasteiger charge is 2.26. The van der Waals surface area contributed by atoms with Crippen molar-refractivity contribution in [1.82, 2.24) is 4.90 Å². The standard InChI is InChI=1S/C6H15N.C5H12O4.3C3H4O2/c1-4-7(5-2)6-3;6-1-5(2-7,3-8)4-9;3*1-2-3(4)5/h4-6H2,1-3H3;6-9H,1-4H2;3*2H,1H2,(H,4,5). The van der Waals surface area contributed by atoms with E-state index in [4.69, 9.17) is 35.7 Å². The molecule has 31 heavy (non-hydrogen) atoms. The molecule has 0 unspecified atom stereocenters. The van der Waals surface area contributed by atoms with Gasteiger partial charge in [0.05, 0.1) is 31.8 Å². The maximum Gasteiger partial charge on any atom is 0.327 e. The Labute approximate surface area is 183 Å². The van der Waals surface area contributed by atoms with Gasteiger partial charge in [0.15, 0.2) is 0 Å². The second-order valence-corrected chi connectivity index (χ2v) is 5.38. The first kappa shape index (κ1) is 39.0. The third kappa shape index (κ3) is 38.6. The van der Waals surface area contributed by atoms with Crippen LogP contribution in [0, 0.1) is 5.41 Å². The molecule has 0 fully saturated rings. The van der Waals surface area contributed by atoms with Crippen LogP contribution < -0.4 is 0 Å². The number of hydrogen-bond donors (Lipinski definition) is 7. The van der Waals surface area contributed by atoms with E-state index < -0.39 is 49.8 Å². The topological polar surface area (TPSA) is 196 Å². The number of carboxylic acids is 3. The van der Waals surface area contributed by atoms with Gasteiger partial charge in [-0.1, -0.05) is 40.5 Å². The van der Waals surface area contributed by atoms with Crippen LogP contribution >= 0.6 is 0 Å². The summed E-state index contributed by atoms with van der Waals surface area (Å²) < 4.78 is 0. The molecule has 11 heteroatoms. The van der Waals surface area contributed by atoms with Crippen LogP contribution in [0.2, 0.25) is 0 Å². The quantitative estimate of drug-likeness (QED) is 0.221. The lowest BCUT2D eigenvalue weighted by atomic mass is 9.93. The largest absolute Gasteiger partial charge is 0.478 e. The lowest BCUT2D eigenvalue weighted by molar-refractivity contribution is -0.132. The predicted molar refractivity (Wildman–Crippen MR) is 118 cm³/mol. The van der Waals surface area contributed by atoms with E-state index in [9.17, 15) is 14.4 Å². The minimum absolute atomic E-state index is 0.406. The van der Waals surface area contributed by atoms with E-state index in [0.717, 1.165) is 18.2 Å². The number of nitrogens with zero attached hydrogens (tertiary/aromatic N) is 1. The van der Waals surface area contributed by atoms with Crippen LogP contribution in [-0.2, 0) is 14.4 Å². The van der Waals surface area contributed by atoms with Gasteiger partial charge in [0, 0.05) is 18.2 Å². The molecule has 0 aliphatic carbocycles. The molecular formula is C20H39NO10. The molecule has 0 amide bonds. The summed E-state index contributed by atoms with van der Waals surface area (Å²) in [6, 6.07) is 0. The van der Waals surface area contributed by atoms with Crippen molar-refractivity contribution in [2.75, 3.05) is 46.1 Å². The van der Waals surface area contributed by atoms with Gasteiger partial charge in [-0.3, -0.25) is 0 Å². The lowest BCUT2D eigenvalue weighted by Crippen LogP contribution is -2.37. The molecule has 184 valence electrons. The summed E-state index contributed by atoms with van der Waals surface area (Å²) in [6.45, 7) is 17.4. The fraction of sp³-hybridized carbons (Fsp3) is 0.550. The van der Waals surface area contributed by atoms with Crippen molar-refractivity contribution in [3.8, 4) is 0 Å². The molecule has 0 heterocycles. The summed E-state index contributed by atoms with van der Waals surface area (Å²) in [5.41, 5.74) is -1.11. The van der Waals surface area contributed by atoms with Crippen molar-refractivity contribution < 1.29 is 50.1 Å². The third-order valence-electron chi connectivity index (χ3n) is 3.21. The van der Waals surface area contributed by atoms with Crippen LogP contribution in [0.15, 0.2) is 38.0 Å². The highest BCUT2D eigenvalue weighted by molar-refractivity contribution is 5.79. The minimum atomic E-state index is -1.11. The molecule has 0 saturated heterocycles. The zero-order valence-corrected chi connectivity index (χ0v) is 18.6. The second-order valence-electron chi connectivity index (χ2n) is 5.38. The van der Waals surface area contributed by atoms with Gasteiger partial charge in [-0.05, 0) is 19.6 Å². The van der Waals surface area contributed by atoms with Crippen LogP contribution in [0.3, 0.4) is 0 Å². The van der Waals surface area contributed by atoms with Crippen LogP contribution in [-0.4, -0.2) is 105 Å². The highest BCUT2D eigenvalue weighted by Crippen LogP contribution is 2.11. The summed E-state index contributed by atoms with van der Waals surface area (Å²) in [7, 11) is 0. The maximum atomic E-state index is 9.25. The normalized spacial score (nSPS) is 8.90. The average molecular weight is 454 g/mol. The van der Waals surface area contributed by atoms with Gasteiger partial charge in [-0.2, -0.15) is 0 Å². The Bertz CT molecular complexity index is 407. The van der Waals surface area contributed by atoms with Gasteiger partial charge in [0.1, 0.15) is 0 Å². The molecule has 0 saturated carbocycles. The number of carbonyl (C=O) groups is 3. The molecule has 0 rings (SSSR count). The van der Waals surface area contributed by atoms with E-state index in [0.29, 0.717) is 0 Å². The predicted octanol–water partition coefficient (Wildman–Crippen LogP) is 0.0611. The van der Waals surface area contributed by atoms with E-state index in [1.54, 1.807) is 0 Å². The van der Waals surface area contributed by atoms with Crippen molar-refractivity contribution in [3.05, 3.63) is 38.0 Å². The number of aliphatic hydroxyl groups excluding tert-OH is 4. The van der Waals surface area contributed by atoms with Gasteiger partial charge in [-0.15, -0.1) is 0 Å². The lowest BCUT2D eigenvalue weighted by Gasteiger charge is -2.23. The Morgan fingerprint density at radius 2 is 0.806 bits per heavy atom. The molecular weight excluding hydrogens is 414 g/mol. The van der Waals surface area contributed by atoms with Crippen molar-refractivity contribution in [2.24, 2.45) is 5.41 Å². The van der Waals surface area contributed by atoms with E-state index in [1.807, 2.05) is 0 Å². The van der Waals surface area contributed by atoms with Crippen LogP contribution in [0.1, 0.15) is 20.8 Å². The van der Waals surface area contributed by atoms with Crippen molar-refractivity contribution in [2.45, 2.75) is 20.8 Å². The van der Waals surface area contributed by atoms with Gasteiger partial charge in [0.2, 0.25) is 0 Å². The fourth-order valence-electron chi connectivity index (χ4n) is 0.971. The monoisotopic (exact) mass is 453 g/mol. The van der Waals surface area contributed by atoms with E-state index in [2.05, 4.69) is 45.4 Å². The summed E-state index contributed by atoms with van der Waals surface area (Å²) in [5.74, 6) is -2.94. The highest BCUT2D eigenvalue weighted by atomic mass is 16.4. The van der Waals surface area contributed by atoms with Crippen LogP contribution in [0.25, 0.3) is 0 Å². The first-order valence-corrected chi connectivity index (χ1v) is 9.12. The SMILES string of the molecule is C=CC(=O)O.C=CC(=O)O.C=CC(=O)O.CCN(CC)CC.OCC(CO)(CO)CO. The number of hydrogen-bond acceptors (Lipinski definition) is 8. The summed E-state index contributed by atoms with van der Waals surface area (Å²) in [4.78, 5) is 30.1. The first-order chi connectivity index (χ1) is 14.4. The molecule has 0 spiro atoms. The minimum Gasteiger partial charge on any atom is -0.478 e. The van der Waals surface area contributed by atoms with Crippen molar-refractivity contribution in [1.29, 1.82) is 0 Å². The first-order valence-electron chi connectivity index (χ1n) is 9.12. The summed E-state index contributed by atoms with van der Waals surface area (Å²) in [6.07, 6.45) is 2.50. The Morgan fingerprint density at radius 3 is 0.806 bits per heavy atom. The summed E-state index contributed by atoms with van der Waals surface area (Å²) >= 11 is 0. The molecule has 0 aromatic rings. The Balaban J connectivity index is -0.0000000932. The van der Waals surface area contributed by atoms with E-state index >= 15 is 0 Å². The molecule has 0 aromatic carbocycles. The Morgan fingerprint density at radius 1 is 0.645 bits per heavy atom. The molecule has 0 aromatic heterocycles. The summed E-state index contributed by atoms with van der Waals surface area (Å²) in [5, 5.41) is 56.8. The van der Waals surface area contributed by atoms with Crippen LogP contribution in [0.4, 0.5) is 0 Å². The zero-order valence-electron chi connectivity index (χ0n) is 18.6. The smallest absolute Gasteiger partial charge is 0.327 e. The maximum absolute atomic E-state index is 9.25. The average Bonchev–Trinajstić information content (AvgIpc) is 2.78. The van der Waals surface area contributed by atoms with E-state index in [-0.39, 0.29) is 0 Å². The molecule has 11 nitrogen and oxygen atoms in total.